The first-order valence-electron chi connectivity index (χ1n) is 7.25. The molecule has 0 atom stereocenters. The van der Waals surface area contributed by atoms with Gasteiger partial charge in [0.1, 0.15) is 0 Å². The largest absolute Gasteiger partial charge is 0.347 e. The van der Waals surface area contributed by atoms with Gasteiger partial charge in [-0.2, -0.15) is 0 Å². The van der Waals surface area contributed by atoms with Crippen LogP contribution in [0.15, 0.2) is 24.3 Å². The van der Waals surface area contributed by atoms with Crippen LogP contribution in [0.2, 0.25) is 0 Å². The van der Waals surface area contributed by atoms with Gasteiger partial charge in [0.25, 0.3) is 5.91 Å². The SMILES string of the molecule is CC1(NC(=O)c2ccccc2C#CCN)CCCCC1. The Bertz CT molecular complexity index is 533. The van der Waals surface area contributed by atoms with E-state index in [0.29, 0.717) is 12.1 Å². The van der Waals surface area contributed by atoms with Crippen LogP contribution in [-0.2, 0) is 0 Å². The zero-order valence-corrected chi connectivity index (χ0v) is 12.0. The molecule has 1 aromatic rings. The van der Waals surface area contributed by atoms with Gasteiger partial charge in [-0.3, -0.25) is 4.79 Å². The van der Waals surface area contributed by atoms with Crippen molar-refractivity contribution in [2.24, 2.45) is 5.73 Å². The molecule has 1 aromatic carbocycles. The van der Waals surface area contributed by atoms with E-state index >= 15 is 0 Å². The number of amides is 1. The van der Waals surface area contributed by atoms with E-state index in [-0.39, 0.29) is 11.4 Å². The summed E-state index contributed by atoms with van der Waals surface area (Å²) < 4.78 is 0. The van der Waals surface area contributed by atoms with Crippen molar-refractivity contribution >= 4 is 5.91 Å². The van der Waals surface area contributed by atoms with Gasteiger partial charge in [-0.15, -0.1) is 0 Å². The number of nitrogens with one attached hydrogen (secondary N) is 1. The molecule has 1 amide bonds. The summed E-state index contributed by atoms with van der Waals surface area (Å²) in [4.78, 5) is 12.5. The Morgan fingerprint density at radius 1 is 1.30 bits per heavy atom. The summed E-state index contributed by atoms with van der Waals surface area (Å²) in [5, 5.41) is 3.19. The number of benzene rings is 1. The van der Waals surface area contributed by atoms with Gasteiger partial charge in [-0.1, -0.05) is 43.2 Å². The Kier molecular flexibility index (Phi) is 4.81. The Hall–Kier alpha value is -1.79. The molecule has 2 rings (SSSR count). The van der Waals surface area contributed by atoms with Gasteiger partial charge in [0.2, 0.25) is 0 Å². The minimum absolute atomic E-state index is 0.0312. The standard InChI is InChI=1S/C17H22N2O/c1-17(11-5-2-6-12-17)19-16(20)15-10-4-3-8-14(15)9-7-13-18/h3-4,8,10H,2,5-6,11-13,18H2,1H3,(H,19,20). The molecule has 1 saturated carbocycles. The lowest BCUT2D eigenvalue weighted by Crippen LogP contribution is -2.47. The van der Waals surface area contributed by atoms with Crippen molar-refractivity contribution in [1.29, 1.82) is 0 Å². The number of carbonyl (C=O) groups is 1. The smallest absolute Gasteiger partial charge is 0.252 e. The molecule has 106 valence electrons. The molecule has 3 N–H and O–H groups in total. The van der Waals surface area contributed by atoms with Crippen LogP contribution in [0.4, 0.5) is 0 Å². The fourth-order valence-corrected chi connectivity index (χ4v) is 2.73. The molecule has 0 aromatic heterocycles. The molecule has 0 heterocycles. The highest BCUT2D eigenvalue weighted by atomic mass is 16.1. The predicted molar refractivity (Wildman–Crippen MR) is 81.3 cm³/mol. The Morgan fingerprint density at radius 3 is 2.70 bits per heavy atom. The van der Waals surface area contributed by atoms with E-state index in [1.54, 1.807) is 0 Å². The minimum Gasteiger partial charge on any atom is -0.347 e. The average molecular weight is 270 g/mol. The fourth-order valence-electron chi connectivity index (χ4n) is 2.73. The second kappa shape index (κ2) is 6.58. The topological polar surface area (TPSA) is 55.1 Å². The molecule has 0 unspecified atom stereocenters. The van der Waals surface area contributed by atoms with Gasteiger partial charge in [-0.05, 0) is 31.9 Å². The van der Waals surface area contributed by atoms with Gasteiger partial charge in [0.15, 0.2) is 0 Å². The fraction of sp³-hybridized carbons (Fsp3) is 0.471. The highest BCUT2D eigenvalue weighted by molar-refractivity contribution is 5.97. The van der Waals surface area contributed by atoms with E-state index in [9.17, 15) is 4.79 Å². The maximum absolute atomic E-state index is 12.5. The molecule has 1 aliphatic carbocycles. The van der Waals surface area contributed by atoms with Crippen LogP contribution in [0.3, 0.4) is 0 Å². The van der Waals surface area contributed by atoms with Gasteiger partial charge >= 0.3 is 0 Å². The van der Waals surface area contributed by atoms with Crippen molar-refractivity contribution in [3.63, 3.8) is 0 Å². The molecule has 0 aliphatic heterocycles. The number of hydrogen-bond donors (Lipinski definition) is 2. The Balaban J connectivity index is 2.16. The quantitative estimate of drug-likeness (QED) is 0.811. The van der Waals surface area contributed by atoms with Crippen molar-refractivity contribution in [2.45, 2.75) is 44.6 Å². The predicted octanol–water partition coefficient (Wildman–Crippen LogP) is 2.45. The van der Waals surface area contributed by atoms with Gasteiger partial charge in [0.05, 0.1) is 12.1 Å². The van der Waals surface area contributed by atoms with Crippen LogP contribution < -0.4 is 11.1 Å². The zero-order valence-electron chi connectivity index (χ0n) is 12.0. The number of nitrogens with two attached hydrogens (primary N) is 1. The lowest BCUT2D eigenvalue weighted by atomic mass is 9.83. The van der Waals surface area contributed by atoms with E-state index in [1.807, 2.05) is 24.3 Å². The average Bonchev–Trinajstić information content (AvgIpc) is 2.45. The molecule has 1 fully saturated rings. The monoisotopic (exact) mass is 270 g/mol. The maximum Gasteiger partial charge on any atom is 0.252 e. The van der Waals surface area contributed by atoms with Crippen LogP contribution in [0.25, 0.3) is 0 Å². The lowest BCUT2D eigenvalue weighted by Gasteiger charge is -2.34. The third-order valence-corrected chi connectivity index (χ3v) is 3.87. The van der Waals surface area contributed by atoms with Crippen LogP contribution in [-0.4, -0.2) is 18.0 Å². The molecule has 0 spiro atoms. The molecule has 3 heteroatoms. The van der Waals surface area contributed by atoms with Crippen LogP contribution in [0.5, 0.6) is 0 Å². The summed E-state index contributed by atoms with van der Waals surface area (Å²) in [6.07, 6.45) is 5.74. The van der Waals surface area contributed by atoms with E-state index in [4.69, 9.17) is 5.73 Å². The summed E-state index contributed by atoms with van der Waals surface area (Å²) in [5.41, 5.74) is 6.70. The molecule has 3 nitrogen and oxygen atoms in total. The number of hydrogen-bond acceptors (Lipinski definition) is 2. The van der Waals surface area contributed by atoms with Crippen molar-refractivity contribution < 1.29 is 4.79 Å². The summed E-state index contributed by atoms with van der Waals surface area (Å²) in [7, 11) is 0. The van der Waals surface area contributed by atoms with Gasteiger partial charge in [0, 0.05) is 11.1 Å². The number of carbonyl (C=O) groups excluding carboxylic acids is 1. The molecular weight excluding hydrogens is 248 g/mol. The Labute approximate surface area is 120 Å². The van der Waals surface area contributed by atoms with Crippen molar-refractivity contribution in [3.8, 4) is 11.8 Å². The van der Waals surface area contributed by atoms with E-state index < -0.39 is 0 Å². The lowest BCUT2D eigenvalue weighted by molar-refractivity contribution is 0.0882. The first-order chi connectivity index (χ1) is 9.64. The highest BCUT2D eigenvalue weighted by Crippen LogP contribution is 2.28. The van der Waals surface area contributed by atoms with Crippen LogP contribution >= 0.6 is 0 Å². The van der Waals surface area contributed by atoms with Gasteiger partial charge < -0.3 is 11.1 Å². The molecule has 0 bridgehead atoms. The Morgan fingerprint density at radius 2 is 2.00 bits per heavy atom. The first-order valence-corrected chi connectivity index (χ1v) is 7.25. The van der Waals surface area contributed by atoms with Crippen molar-refractivity contribution in [2.75, 3.05) is 6.54 Å². The molecule has 0 radical (unpaired) electrons. The summed E-state index contributed by atoms with van der Waals surface area (Å²) in [5.74, 6) is 5.75. The number of rotatable bonds is 2. The molecule has 20 heavy (non-hydrogen) atoms. The van der Waals surface area contributed by atoms with E-state index in [1.165, 1.54) is 19.3 Å². The second-order valence-electron chi connectivity index (χ2n) is 5.63. The van der Waals surface area contributed by atoms with E-state index in [0.717, 1.165) is 18.4 Å². The maximum atomic E-state index is 12.5. The zero-order chi connectivity index (χ0) is 14.4. The minimum atomic E-state index is -0.0796. The summed E-state index contributed by atoms with van der Waals surface area (Å²) in [6, 6.07) is 7.44. The molecule has 1 aliphatic rings. The third kappa shape index (κ3) is 3.61. The molecule has 0 saturated heterocycles. The van der Waals surface area contributed by atoms with Crippen LogP contribution in [0, 0.1) is 11.8 Å². The highest BCUT2D eigenvalue weighted by Gasteiger charge is 2.29. The van der Waals surface area contributed by atoms with Crippen molar-refractivity contribution in [1.82, 2.24) is 5.32 Å². The first kappa shape index (κ1) is 14.6. The second-order valence-corrected chi connectivity index (χ2v) is 5.63. The van der Waals surface area contributed by atoms with E-state index in [2.05, 4.69) is 24.1 Å². The molecular formula is C17H22N2O. The normalized spacial score (nSPS) is 16.9. The summed E-state index contributed by atoms with van der Waals surface area (Å²) >= 11 is 0. The summed E-state index contributed by atoms with van der Waals surface area (Å²) in [6.45, 7) is 2.44. The third-order valence-electron chi connectivity index (χ3n) is 3.87. The van der Waals surface area contributed by atoms with Crippen LogP contribution in [0.1, 0.15) is 54.9 Å². The van der Waals surface area contributed by atoms with Gasteiger partial charge in [-0.25, -0.2) is 0 Å². The van der Waals surface area contributed by atoms with Crippen molar-refractivity contribution in [3.05, 3.63) is 35.4 Å².